The van der Waals surface area contributed by atoms with E-state index in [-0.39, 0.29) is 11.4 Å². The van der Waals surface area contributed by atoms with Crippen molar-refractivity contribution in [3.63, 3.8) is 0 Å². The zero-order valence-electron chi connectivity index (χ0n) is 10.8. The molecule has 2 amide bonds. The van der Waals surface area contributed by atoms with E-state index in [9.17, 15) is 4.79 Å². The normalized spacial score (nSPS) is 14.9. The van der Waals surface area contributed by atoms with Gasteiger partial charge in [0.05, 0.1) is 0 Å². The molecule has 3 heteroatoms. The Morgan fingerprint density at radius 2 is 2.00 bits per heavy atom. The first-order valence-corrected chi connectivity index (χ1v) is 6.27. The van der Waals surface area contributed by atoms with Gasteiger partial charge in [0.2, 0.25) is 0 Å². The molecule has 0 aromatic heterocycles. The van der Waals surface area contributed by atoms with Crippen LogP contribution in [0, 0.1) is 0 Å². The Morgan fingerprint density at radius 1 is 1.29 bits per heavy atom. The molecule has 0 unspecified atom stereocenters. The van der Waals surface area contributed by atoms with E-state index in [1.807, 2.05) is 6.07 Å². The van der Waals surface area contributed by atoms with Crippen LogP contribution in [0.3, 0.4) is 0 Å². The van der Waals surface area contributed by atoms with Gasteiger partial charge in [0.25, 0.3) is 0 Å². The molecule has 1 aromatic rings. The van der Waals surface area contributed by atoms with Gasteiger partial charge in [0, 0.05) is 12.2 Å². The lowest BCUT2D eigenvalue weighted by molar-refractivity contribution is 0.251. The number of anilines is 1. The third-order valence-corrected chi connectivity index (χ3v) is 4.05. The van der Waals surface area contributed by atoms with Crippen molar-refractivity contribution in [3.8, 4) is 0 Å². The molecule has 0 radical (unpaired) electrons. The van der Waals surface area contributed by atoms with E-state index in [4.69, 9.17) is 0 Å². The van der Waals surface area contributed by atoms with E-state index >= 15 is 0 Å². The van der Waals surface area contributed by atoms with Crippen molar-refractivity contribution in [2.75, 3.05) is 5.32 Å². The molecule has 1 heterocycles. The van der Waals surface area contributed by atoms with Crippen LogP contribution < -0.4 is 10.6 Å². The number of rotatable bonds is 3. The molecular weight excluding hydrogens is 212 g/mol. The van der Waals surface area contributed by atoms with Gasteiger partial charge in [-0.1, -0.05) is 32.9 Å². The molecule has 2 rings (SSSR count). The summed E-state index contributed by atoms with van der Waals surface area (Å²) >= 11 is 0. The standard InChI is InChI=1S/C14H20N2O/c1-4-14(3,5-2)11-6-7-12-10(8-11)9-15-13(17)16-12/h6-8H,4-5,9H2,1-3H3,(H2,15,16,17). The van der Waals surface area contributed by atoms with Gasteiger partial charge in [-0.15, -0.1) is 0 Å². The number of carbonyl (C=O) groups excluding carboxylic acids is 1. The number of hydrogen-bond acceptors (Lipinski definition) is 1. The van der Waals surface area contributed by atoms with Crippen LogP contribution in [-0.4, -0.2) is 6.03 Å². The molecule has 1 aliphatic heterocycles. The number of amides is 2. The van der Waals surface area contributed by atoms with Gasteiger partial charge >= 0.3 is 6.03 Å². The van der Waals surface area contributed by atoms with Crippen LogP contribution >= 0.6 is 0 Å². The van der Waals surface area contributed by atoms with Gasteiger partial charge in [-0.25, -0.2) is 4.79 Å². The Morgan fingerprint density at radius 3 is 2.65 bits per heavy atom. The molecule has 0 fully saturated rings. The molecule has 1 aromatic carbocycles. The number of benzene rings is 1. The first-order chi connectivity index (χ1) is 8.09. The minimum absolute atomic E-state index is 0.112. The van der Waals surface area contributed by atoms with E-state index in [2.05, 4.69) is 43.5 Å². The highest BCUT2D eigenvalue weighted by atomic mass is 16.2. The van der Waals surface area contributed by atoms with E-state index in [0.29, 0.717) is 6.54 Å². The van der Waals surface area contributed by atoms with Gasteiger partial charge in [-0.2, -0.15) is 0 Å². The highest BCUT2D eigenvalue weighted by molar-refractivity contribution is 5.92. The fraction of sp³-hybridized carbons (Fsp3) is 0.500. The predicted molar refractivity (Wildman–Crippen MR) is 70.2 cm³/mol. The molecule has 0 saturated heterocycles. The quantitative estimate of drug-likeness (QED) is 0.824. The van der Waals surface area contributed by atoms with Gasteiger partial charge in [0.15, 0.2) is 0 Å². The lowest BCUT2D eigenvalue weighted by Crippen LogP contribution is -2.33. The summed E-state index contributed by atoms with van der Waals surface area (Å²) in [4.78, 5) is 11.2. The Balaban J connectivity index is 2.37. The highest BCUT2D eigenvalue weighted by Crippen LogP contribution is 2.33. The van der Waals surface area contributed by atoms with Crippen LogP contribution in [0.15, 0.2) is 18.2 Å². The molecule has 2 N–H and O–H groups in total. The van der Waals surface area contributed by atoms with Crippen molar-refractivity contribution >= 4 is 11.7 Å². The summed E-state index contributed by atoms with van der Waals surface area (Å²) in [5.74, 6) is 0. The van der Waals surface area contributed by atoms with Crippen molar-refractivity contribution < 1.29 is 4.79 Å². The Bertz CT molecular complexity index is 436. The molecule has 0 aliphatic carbocycles. The molecule has 1 aliphatic rings. The molecule has 17 heavy (non-hydrogen) atoms. The molecule has 0 saturated carbocycles. The first kappa shape index (κ1) is 12.0. The highest BCUT2D eigenvalue weighted by Gasteiger charge is 2.24. The Hall–Kier alpha value is -1.51. The van der Waals surface area contributed by atoms with Crippen LogP contribution in [0.4, 0.5) is 10.5 Å². The first-order valence-electron chi connectivity index (χ1n) is 6.27. The van der Waals surface area contributed by atoms with E-state index in [1.165, 1.54) is 11.1 Å². The number of urea groups is 1. The zero-order valence-corrected chi connectivity index (χ0v) is 10.8. The SMILES string of the molecule is CCC(C)(CC)c1ccc2c(c1)CNC(=O)N2. The summed E-state index contributed by atoms with van der Waals surface area (Å²) in [6.45, 7) is 7.37. The van der Waals surface area contributed by atoms with Crippen LogP contribution in [0.5, 0.6) is 0 Å². The third-order valence-electron chi connectivity index (χ3n) is 4.05. The average Bonchev–Trinajstić information content (AvgIpc) is 2.37. The summed E-state index contributed by atoms with van der Waals surface area (Å²) < 4.78 is 0. The van der Waals surface area contributed by atoms with Crippen molar-refractivity contribution in [3.05, 3.63) is 29.3 Å². The molecule has 0 atom stereocenters. The molecular formula is C14H20N2O. The maximum Gasteiger partial charge on any atom is 0.319 e. The van der Waals surface area contributed by atoms with E-state index < -0.39 is 0 Å². The van der Waals surface area contributed by atoms with Crippen LogP contribution in [0.25, 0.3) is 0 Å². The summed E-state index contributed by atoms with van der Waals surface area (Å²) in [6, 6.07) is 6.26. The second kappa shape index (κ2) is 4.40. The lowest BCUT2D eigenvalue weighted by Gasteiger charge is -2.29. The second-order valence-electron chi connectivity index (χ2n) is 4.95. The summed E-state index contributed by atoms with van der Waals surface area (Å²) in [6.07, 6.45) is 2.25. The maximum absolute atomic E-state index is 11.2. The monoisotopic (exact) mass is 232 g/mol. The number of carbonyl (C=O) groups is 1. The summed E-state index contributed by atoms with van der Waals surface area (Å²) in [7, 11) is 0. The minimum atomic E-state index is -0.112. The average molecular weight is 232 g/mol. The minimum Gasteiger partial charge on any atom is -0.334 e. The van der Waals surface area contributed by atoms with Gasteiger partial charge < -0.3 is 10.6 Å². The largest absolute Gasteiger partial charge is 0.334 e. The summed E-state index contributed by atoms with van der Waals surface area (Å²) in [5.41, 5.74) is 3.71. The Labute approximate surface area is 103 Å². The Kier molecular flexibility index (Phi) is 3.09. The fourth-order valence-corrected chi connectivity index (χ4v) is 2.24. The molecule has 0 spiro atoms. The smallest absolute Gasteiger partial charge is 0.319 e. The topological polar surface area (TPSA) is 41.1 Å². The van der Waals surface area contributed by atoms with Crippen LogP contribution in [0.2, 0.25) is 0 Å². The van der Waals surface area contributed by atoms with E-state index in [1.54, 1.807) is 0 Å². The number of fused-ring (bicyclic) bond motifs is 1. The zero-order chi connectivity index (χ0) is 12.5. The third kappa shape index (κ3) is 2.14. The van der Waals surface area contributed by atoms with Crippen molar-refractivity contribution in [1.29, 1.82) is 0 Å². The molecule has 3 nitrogen and oxygen atoms in total. The van der Waals surface area contributed by atoms with E-state index in [0.717, 1.165) is 18.5 Å². The molecule has 92 valence electrons. The second-order valence-corrected chi connectivity index (χ2v) is 4.95. The maximum atomic E-state index is 11.2. The van der Waals surface area contributed by atoms with Crippen LogP contribution in [0.1, 0.15) is 44.7 Å². The van der Waals surface area contributed by atoms with Crippen LogP contribution in [-0.2, 0) is 12.0 Å². The number of nitrogens with one attached hydrogen (secondary N) is 2. The molecule has 0 bridgehead atoms. The van der Waals surface area contributed by atoms with Crippen molar-refractivity contribution in [2.45, 2.75) is 45.6 Å². The van der Waals surface area contributed by atoms with Crippen molar-refractivity contribution in [2.24, 2.45) is 0 Å². The van der Waals surface area contributed by atoms with Gasteiger partial charge in [-0.05, 0) is 35.4 Å². The number of hydrogen-bond donors (Lipinski definition) is 2. The fourth-order valence-electron chi connectivity index (χ4n) is 2.24. The van der Waals surface area contributed by atoms with Gasteiger partial charge in [-0.3, -0.25) is 0 Å². The summed E-state index contributed by atoms with van der Waals surface area (Å²) in [5, 5.41) is 5.63. The predicted octanol–water partition coefficient (Wildman–Crippen LogP) is 3.40. The lowest BCUT2D eigenvalue weighted by atomic mass is 9.77. The van der Waals surface area contributed by atoms with Gasteiger partial charge in [0.1, 0.15) is 0 Å². The van der Waals surface area contributed by atoms with Crippen molar-refractivity contribution in [1.82, 2.24) is 5.32 Å².